The van der Waals surface area contributed by atoms with Gasteiger partial charge < -0.3 is 16.0 Å². The number of anilines is 2. The second-order valence-electron chi connectivity index (χ2n) is 4.99. The Bertz CT molecular complexity index is 389. The maximum atomic E-state index is 5.53. The first-order valence-corrected chi connectivity index (χ1v) is 6.72. The molecular formula is C13H23N5. The molecule has 3 N–H and O–H groups in total. The Morgan fingerprint density at radius 2 is 2.22 bits per heavy atom. The number of aryl methyl sites for hydroxylation is 1. The molecule has 0 atom stereocenters. The highest BCUT2D eigenvalue weighted by Crippen LogP contribution is 2.23. The van der Waals surface area contributed by atoms with E-state index in [1.807, 2.05) is 20.0 Å². The summed E-state index contributed by atoms with van der Waals surface area (Å²) in [7, 11) is 2.05. The average Bonchev–Trinajstić information content (AvgIpc) is 2.30. The number of nitrogens with zero attached hydrogens (tertiary/aromatic N) is 3. The van der Waals surface area contributed by atoms with Gasteiger partial charge in [-0.15, -0.1) is 0 Å². The van der Waals surface area contributed by atoms with Crippen molar-refractivity contribution in [3.05, 3.63) is 11.9 Å². The molecule has 0 aliphatic heterocycles. The highest BCUT2D eigenvalue weighted by molar-refractivity contribution is 5.49. The molecular weight excluding hydrogens is 226 g/mol. The normalized spacial score (nSPS) is 15.3. The van der Waals surface area contributed by atoms with Crippen molar-refractivity contribution < 1.29 is 0 Å². The standard InChI is InChI=1S/C13H23N5/c1-10-15-12(17-11-5-3-6-11)9-13(16-10)18(2)8-4-7-14/h9,11H,3-8,14H2,1-2H3,(H,15,16,17). The van der Waals surface area contributed by atoms with Crippen LogP contribution in [0.1, 0.15) is 31.5 Å². The van der Waals surface area contributed by atoms with Gasteiger partial charge in [-0.05, 0) is 39.2 Å². The van der Waals surface area contributed by atoms with E-state index in [2.05, 4.69) is 20.2 Å². The molecule has 1 aromatic heterocycles. The summed E-state index contributed by atoms with van der Waals surface area (Å²) in [5.74, 6) is 2.73. The number of nitrogens with two attached hydrogens (primary N) is 1. The third kappa shape index (κ3) is 3.32. The third-order valence-corrected chi connectivity index (χ3v) is 3.37. The van der Waals surface area contributed by atoms with Gasteiger partial charge in [0.2, 0.25) is 0 Å². The van der Waals surface area contributed by atoms with E-state index in [1.165, 1.54) is 19.3 Å². The third-order valence-electron chi connectivity index (χ3n) is 3.37. The van der Waals surface area contributed by atoms with Gasteiger partial charge in [-0.3, -0.25) is 0 Å². The van der Waals surface area contributed by atoms with E-state index in [4.69, 9.17) is 5.73 Å². The van der Waals surface area contributed by atoms with Crippen LogP contribution in [0, 0.1) is 6.92 Å². The van der Waals surface area contributed by atoms with Crippen molar-refractivity contribution in [3.8, 4) is 0 Å². The summed E-state index contributed by atoms with van der Waals surface area (Å²) >= 11 is 0. The molecule has 0 bridgehead atoms. The van der Waals surface area contributed by atoms with Gasteiger partial charge in [0.05, 0.1) is 0 Å². The Balaban J connectivity index is 2.04. The Labute approximate surface area is 109 Å². The van der Waals surface area contributed by atoms with Gasteiger partial charge in [-0.1, -0.05) is 0 Å². The highest BCUT2D eigenvalue weighted by atomic mass is 15.2. The van der Waals surface area contributed by atoms with E-state index >= 15 is 0 Å². The van der Waals surface area contributed by atoms with Gasteiger partial charge in [0.15, 0.2) is 0 Å². The number of hydrogen-bond donors (Lipinski definition) is 2. The van der Waals surface area contributed by atoms with Crippen LogP contribution in [-0.4, -0.2) is 36.1 Å². The SMILES string of the molecule is Cc1nc(NC2CCC2)cc(N(C)CCCN)n1. The molecule has 18 heavy (non-hydrogen) atoms. The molecule has 1 aliphatic carbocycles. The molecule has 1 heterocycles. The zero-order valence-electron chi connectivity index (χ0n) is 11.3. The zero-order chi connectivity index (χ0) is 13.0. The minimum atomic E-state index is 0.599. The topological polar surface area (TPSA) is 67.1 Å². The van der Waals surface area contributed by atoms with Crippen LogP contribution in [0.2, 0.25) is 0 Å². The summed E-state index contributed by atoms with van der Waals surface area (Å²) in [6, 6.07) is 2.63. The molecule has 1 saturated carbocycles. The number of hydrogen-bond acceptors (Lipinski definition) is 5. The van der Waals surface area contributed by atoms with Crippen LogP contribution in [0.5, 0.6) is 0 Å². The van der Waals surface area contributed by atoms with Crippen molar-refractivity contribution in [2.45, 2.75) is 38.6 Å². The first kappa shape index (κ1) is 13.1. The van der Waals surface area contributed by atoms with E-state index in [0.29, 0.717) is 12.6 Å². The van der Waals surface area contributed by atoms with Crippen LogP contribution in [-0.2, 0) is 0 Å². The van der Waals surface area contributed by atoms with Crippen LogP contribution in [0.3, 0.4) is 0 Å². The summed E-state index contributed by atoms with van der Waals surface area (Å²) in [5, 5.41) is 3.47. The molecule has 0 saturated heterocycles. The quantitative estimate of drug-likeness (QED) is 0.800. The second kappa shape index (κ2) is 6.00. The van der Waals surface area contributed by atoms with Crippen molar-refractivity contribution in [2.75, 3.05) is 30.4 Å². The van der Waals surface area contributed by atoms with Crippen molar-refractivity contribution in [1.82, 2.24) is 9.97 Å². The first-order chi connectivity index (χ1) is 8.69. The van der Waals surface area contributed by atoms with E-state index in [1.54, 1.807) is 0 Å². The van der Waals surface area contributed by atoms with Crippen LogP contribution >= 0.6 is 0 Å². The largest absolute Gasteiger partial charge is 0.367 e. The van der Waals surface area contributed by atoms with Crippen molar-refractivity contribution in [1.29, 1.82) is 0 Å². The summed E-state index contributed by atoms with van der Waals surface area (Å²) in [6.07, 6.45) is 4.80. The maximum Gasteiger partial charge on any atom is 0.134 e. The number of nitrogens with one attached hydrogen (secondary N) is 1. The number of aromatic nitrogens is 2. The fourth-order valence-electron chi connectivity index (χ4n) is 2.03. The molecule has 0 unspecified atom stereocenters. The van der Waals surface area contributed by atoms with Gasteiger partial charge in [0.25, 0.3) is 0 Å². The summed E-state index contributed by atoms with van der Waals surface area (Å²) in [4.78, 5) is 11.0. The lowest BCUT2D eigenvalue weighted by Gasteiger charge is -2.27. The lowest BCUT2D eigenvalue weighted by Crippen LogP contribution is -2.28. The lowest BCUT2D eigenvalue weighted by molar-refractivity contribution is 0.444. The Morgan fingerprint density at radius 3 is 2.83 bits per heavy atom. The van der Waals surface area contributed by atoms with Gasteiger partial charge in [0, 0.05) is 25.7 Å². The van der Waals surface area contributed by atoms with Crippen molar-refractivity contribution in [2.24, 2.45) is 5.73 Å². The summed E-state index contributed by atoms with van der Waals surface area (Å²) in [5.41, 5.74) is 5.53. The minimum Gasteiger partial charge on any atom is -0.367 e. The molecule has 0 amide bonds. The lowest BCUT2D eigenvalue weighted by atomic mass is 9.93. The molecule has 0 spiro atoms. The second-order valence-corrected chi connectivity index (χ2v) is 4.99. The molecule has 100 valence electrons. The minimum absolute atomic E-state index is 0.599. The fourth-order valence-corrected chi connectivity index (χ4v) is 2.03. The predicted molar refractivity (Wildman–Crippen MR) is 75.0 cm³/mol. The van der Waals surface area contributed by atoms with Crippen molar-refractivity contribution in [3.63, 3.8) is 0 Å². The van der Waals surface area contributed by atoms with Gasteiger partial charge in [0.1, 0.15) is 17.5 Å². The molecule has 2 rings (SSSR count). The van der Waals surface area contributed by atoms with Gasteiger partial charge in [-0.2, -0.15) is 0 Å². The molecule has 0 aromatic carbocycles. The van der Waals surface area contributed by atoms with Crippen LogP contribution in [0.4, 0.5) is 11.6 Å². The summed E-state index contributed by atoms with van der Waals surface area (Å²) < 4.78 is 0. The Kier molecular flexibility index (Phi) is 4.36. The van der Waals surface area contributed by atoms with Gasteiger partial charge >= 0.3 is 0 Å². The van der Waals surface area contributed by atoms with E-state index in [-0.39, 0.29) is 0 Å². The smallest absolute Gasteiger partial charge is 0.134 e. The van der Waals surface area contributed by atoms with Crippen molar-refractivity contribution >= 4 is 11.6 Å². The summed E-state index contributed by atoms with van der Waals surface area (Å²) in [6.45, 7) is 3.57. The molecule has 5 nitrogen and oxygen atoms in total. The molecule has 1 aromatic rings. The van der Waals surface area contributed by atoms with E-state index in [9.17, 15) is 0 Å². The predicted octanol–water partition coefficient (Wildman–Crippen LogP) is 1.53. The van der Waals surface area contributed by atoms with Gasteiger partial charge in [-0.25, -0.2) is 9.97 Å². The number of rotatable bonds is 6. The fraction of sp³-hybridized carbons (Fsp3) is 0.692. The zero-order valence-corrected chi connectivity index (χ0v) is 11.3. The van der Waals surface area contributed by atoms with E-state index in [0.717, 1.165) is 30.4 Å². The molecule has 1 fully saturated rings. The Hall–Kier alpha value is -1.36. The maximum absolute atomic E-state index is 5.53. The van der Waals surface area contributed by atoms with Crippen LogP contribution < -0.4 is 16.0 Å². The Morgan fingerprint density at radius 1 is 1.44 bits per heavy atom. The van der Waals surface area contributed by atoms with Crippen LogP contribution in [0.25, 0.3) is 0 Å². The first-order valence-electron chi connectivity index (χ1n) is 6.72. The van der Waals surface area contributed by atoms with Crippen LogP contribution in [0.15, 0.2) is 6.07 Å². The van der Waals surface area contributed by atoms with E-state index < -0.39 is 0 Å². The monoisotopic (exact) mass is 249 g/mol. The highest BCUT2D eigenvalue weighted by Gasteiger charge is 2.18. The average molecular weight is 249 g/mol. The molecule has 5 heteroatoms. The molecule has 0 radical (unpaired) electrons. The molecule has 1 aliphatic rings.